The number of hydrogen-bond donors (Lipinski definition) is 1. The average molecular weight is 227 g/mol. The molecule has 0 amide bonds. The van der Waals surface area contributed by atoms with Crippen LogP contribution in [0.15, 0.2) is 54.6 Å². The van der Waals surface area contributed by atoms with Gasteiger partial charge in [-0.2, -0.15) is 0 Å². The molecule has 0 saturated heterocycles. The fourth-order valence-electron chi connectivity index (χ4n) is 1.76. The molecule has 2 N–H and O–H groups in total. The Morgan fingerprint density at radius 1 is 1.00 bits per heavy atom. The first-order valence-electron chi connectivity index (χ1n) is 5.78. The molecule has 17 heavy (non-hydrogen) atoms. The summed E-state index contributed by atoms with van der Waals surface area (Å²) in [7, 11) is 0. The van der Waals surface area contributed by atoms with Crippen molar-refractivity contribution in [2.75, 3.05) is 6.54 Å². The number of benzene rings is 2. The second-order valence-corrected chi connectivity index (χ2v) is 4.02. The fraction of sp³-hybridized carbons (Fsp3) is 0.200. The van der Waals surface area contributed by atoms with Crippen molar-refractivity contribution in [2.45, 2.75) is 13.0 Å². The second kappa shape index (κ2) is 5.51. The van der Waals surface area contributed by atoms with E-state index in [1.165, 1.54) is 0 Å². The lowest BCUT2D eigenvalue weighted by Crippen LogP contribution is -2.18. The Bertz CT molecular complexity index is 467. The normalized spacial score (nSPS) is 12.1. The maximum Gasteiger partial charge on any atom is 0.136 e. The van der Waals surface area contributed by atoms with Crippen molar-refractivity contribution in [1.82, 2.24) is 0 Å². The first-order valence-corrected chi connectivity index (χ1v) is 5.78. The molecule has 0 aliphatic rings. The topological polar surface area (TPSA) is 35.2 Å². The maximum absolute atomic E-state index is 5.96. The van der Waals surface area contributed by atoms with E-state index < -0.39 is 0 Å². The van der Waals surface area contributed by atoms with E-state index in [2.05, 4.69) is 0 Å². The van der Waals surface area contributed by atoms with E-state index in [0.29, 0.717) is 6.54 Å². The molecule has 0 aliphatic heterocycles. The van der Waals surface area contributed by atoms with Crippen molar-refractivity contribution >= 4 is 0 Å². The van der Waals surface area contributed by atoms with Crippen LogP contribution in [0.2, 0.25) is 0 Å². The van der Waals surface area contributed by atoms with Gasteiger partial charge in [0.15, 0.2) is 0 Å². The summed E-state index contributed by atoms with van der Waals surface area (Å²) in [5, 5.41) is 0. The van der Waals surface area contributed by atoms with Gasteiger partial charge in [0.25, 0.3) is 0 Å². The van der Waals surface area contributed by atoms with Gasteiger partial charge in [-0.25, -0.2) is 0 Å². The third-order valence-corrected chi connectivity index (χ3v) is 2.75. The summed E-state index contributed by atoms with van der Waals surface area (Å²) in [6.45, 7) is 2.51. The molecule has 0 radical (unpaired) electrons. The van der Waals surface area contributed by atoms with Crippen LogP contribution in [-0.4, -0.2) is 6.54 Å². The molecule has 88 valence electrons. The standard InChI is InChI=1S/C15H17NO/c1-12-7-5-6-10-14(12)17-15(11-16)13-8-3-2-4-9-13/h2-10,15H,11,16H2,1H3. The lowest BCUT2D eigenvalue weighted by atomic mass is 10.1. The van der Waals surface area contributed by atoms with Crippen LogP contribution in [0.3, 0.4) is 0 Å². The minimum atomic E-state index is -0.0858. The van der Waals surface area contributed by atoms with Gasteiger partial charge in [0, 0.05) is 6.54 Å². The van der Waals surface area contributed by atoms with Gasteiger partial charge >= 0.3 is 0 Å². The summed E-state index contributed by atoms with van der Waals surface area (Å²) in [6.07, 6.45) is -0.0858. The van der Waals surface area contributed by atoms with Crippen molar-refractivity contribution < 1.29 is 4.74 Å². The van der Waals surface area contributed by atoms with Gasteiger partial charge in [0.1, 0.15) is 11.9 Å². The summed E-state index contributed by atoms with van der Waals surface area (Å²) in [5.41, 5.74) is 8.01. The number of ether oxygens (including phenoxy) is 1. The van der Waals surface area contributed by atoms with E-state index in [9.17, 15) is 0 Å². The summed E-state index contributed by atoms with van der Waals surface area (Å²) in [5.74, 6) is 0.895. The van der Waals surface area contributed by atoms with Crippen molar-refractivity contribution in [3.8, 4) is 5.75 Å². The van der Waals surface area contributed by atoms with Crippen LogP contribution in [0, 0.1) is 6.92 Å². The van der Waals surface area contributed by atoms with Crippen LogP contribution >= 0.6 is 0 Å². The van der Waals surface area contributed by atoms with E-state index in [0.717, 1.165) is 16.9 Å². The molecule has 2 aromatic carbocycles. The fourth-order valence-corrected chi connectivity index (χ4v) is 1.76. The first-order chi connectivity index (χ1) is 8.31. The van der Waals surface area contributed by atoms with Crippen LogP contribution in [0.1, 0.15) is 17.2 Å². The van der Waals surface area contributed by atoms with Crippen LogP contribution in [0.4, 0.5) is 0 Å². The Labute approximate surface area is 102 Å². The van der Waals surface area contributed by atoms with E-state index in [1.54, 1.807) is 0 Å². The Morgan fingerprint density at radius 2 is 1.65 bits per heavy atom. The molecule has 0 bridgehead atoms. The molecule has 0 heterocycles. The van der Waals surface area contributed by atoms with Crippen LogP contribution in [0.5, 0.6) is 5.75 Å². The summed E-state index contributed by atoms with van der Waals surface area (Å²) >= 11 is 0. The number of nitrogens with two attached hydrogens (primary N) is 1. The summed E-state index contributed by atoms with van der Waals surface area (Å²) in [4.78, 5) is 0. The van der Waals surface area contributed by atoms with E-state index >= 15 is 0 Å². The van der Waals surface area contributed by atoms with Gasteiger partial charge in [-0.05, 0) is 24.1 Å². The molecule has 2 nitrogen and oxygen atoms in total. The monoisotopic (exact) mass is 227 g/mol. The van der Waals surface area contributed by atoms with Gasteiger partial charge in [-0.3, -0.25) is 0 Å². The highest BCUT2D eigenvalue weighted by atomic mass is 16.5. The molecule has 0 aliphatic carbocycles. The minimum absolute atomic E-state index is 0.0858. The summed E-state index contributed by atoms with van der Waals surface area (Å²) in [6, 6.07) is 18.0. The first kappa shape index (κ1) is 11.7. The quantitative estimate of drug-likeness (QED) is 0.871. The summed E-state index contributed by atoms with van der Waals surface area (Å²) < 4.78 is 5.96. The van der Waals surface area contributed by atoms with E-state index in [1.807, 2.05) is 61.5 Å². The maximum atomic E-state index is 5.96. The zero-order valence-corrected chi connectivity index (χ0v) is 9.97. The number of aryl methyl sites for hydroxylation is 1. The molecule has 0 saturated carbocycles. The van der Waals surface area contributed by atoms with E-state index in [-0.39, 0.29) is 6.10 Å². The highest BCUT2D eigenvalue weighted by Crippen LogP contribution is 2.23. The van der Waals surface area contributed by atoms with Gasteiger partial charge in [0.2, 0.25) is 0 Å². The molecular formula is C15H17NO. The van der Waals surface area contributed by atoms with Crippen molar-refractivity contribution in [3.63, 3.8) is 0 Å². The van der Waals surface area contributed by atoms with Crippen molar-refractivity contribution in [3.05, 3.63) is 65.7 Å². The molecular weight excluding hydrogens is 210 g/mol. The Morgan fingerprint density at radius 3 is 2.29 bits per heavy atom. The van der Waals surface area contributed by atoms with Gasteiger partial charge in [0.05, 0.1) is 0 Å². The largest absolute Gasteiger partial charge is 0.484 e. The number of rotatable bonds is 4. The average Bonchev–Trinajstić information content (AvgIpc) is 2.39. The molecule has 1 atom stereocenters. The third kappa shape index (κ3) is 2.86. The van der Waals surface area contributed by atoms with Crippen LogP contribution in [0.25, 0.3) is 0 Å². The third-order valence-electron chi connectivity index (χ3n) is 2.75. The molecule has 0 fully saturated rings. The Kier molecular flexibility index (Phi) is 3.78. The zero-order valence-electron chi connectivity index (χ0n) is 9.97. The lowest BCUT2D eigenvalue weighted by molar-refractivity contribution is 0.213. The van der Waals surface area contributed by atoms with Crippen molar-refractivity contribution in [2.24, 2.45) is 5.73 Å². The second-order valence-electron chi connectivity index (χ2n) is 4.02. The Hall–Kier alpha value is -1.80. The molecule has 0 aromatic heterocycles. The number of para-hydroxylation sites is 1. The molecule has 2 aromatic rings. The highest BCUT2D eigenvalue weighted by molar-refractivity contribution is 5.33. The lowest BCUT2D eigenvalue weighted by Gasteiger charge is -2.19. The minimum Gasteiger partial charge on any atom is -0.484 e. The van der Waals surface area contributed by atoms with Gasteiger partial charge < -0.3 is 10.5 Å². The SMILES string of the molecule is Cc1ccccc1OC(CN)c1ccccc1. The van der Waals surface area contributed by atoms with Gasteiger partial charge in [-0.1, -0.05) is 48.5 Å². The van der Waals surface area contributed by atoms with E-state index in [4.69, 9.17) is 10.5 Å². The highest BCUT2D eigenvalue weighted by Gasteiger charge is 2.11. The number of hydrogen-bond acceptors (Lipinski definition) is 2. The Balaban J connectivity index is 2.19. The molecule has 0 spiro atoms. The van der Waals surface area contributed by atoms with Gasteiger partial charge in [-0.15, -0.1) is 0 Å². The molecule has 2 rings (SSSR count). The van der Waals surface area contributed by atoms with Crippen molar-refractivity contribution in [1.29, 1.82) is 0 Å². The van der Waals surface area contributed by atoms with Crippen LogP contribution < -0.4 is 10.5 Å². The smallest absolute Gasteiger partial charge is 0.136 e. The predicted molar refractivity (Wildman–Crippen MR) is 70.0 cm³/mol. The zero-order chi connectivity index (χ0) is 12.1. The predicted octanol–water partition coefficient (Wildman–Crippen LogP) is 3.07. The molecule has 2 heteroatoms. The molecule has 1 unspecified atom stereocenters. The van der Waals surface area contributed by atoms with Crippen LogP contribution in [-0.2, 0) is 0 Å².